The second kappa shape index (κ2) is 9.05. The van der Waals surface area contributed by atoms with E-state index in [-0.39, 0.29) is 11.6 Å². The largest absolute Gasteiger partial charge is 0.317 e. The van der Waals surface area contributed by atoms with Crippen LogP contribution in [0.5, 0.6) is 0 Å². The highest BCUT2D eigenvalue weighted by atomic mass is 32.2. The Morgan fingerprint density at radius 3 is 2.70 bits per heavy atom. The van der Waals surface area contributed by atoms with Gasteiger partial charge in [0.1, 0.15) is 5.82 Å². The molecule has 0 amide bonds. The molecule has 114 valence electrons. The van der Waals surface area contributed by atoms with Gasteiger partial charge < -0.3 is 5.32 Å². The molecule has 1 aromatic rings. The quantitative estimate of drug-likeness (QED) is 0.647. The Kier molecular flexibility index (Phi) is 7.72. The summed E-state index contributed by atoms with van der Waals surface area (Å²) in [5.41, 5.74) is 0.792. The van der Waals surface area contributed by atoms with Gasteiger partial charge in [0, 0.05) is 6.54 Å². The van der Waals surface area contributed by atoms with E-state index in [1.54, 1.807) is 12.1 Å². The number of hydrogen-bond donors (Lipinski definition) is 2. The van der Waals surface area contributed by atoms with Crippen LogP contribution in [-0.2, 0) is 16.4 Å². The first-order chi connectivity index (χ1) is 9.53. The number of hydrogen-bond acceptors (Lipinski definition) is 3. The first-order valence-electron chi connectivity index (χ1n) is 6.96. The Bertz CT molecular complexity index is 492. The van der Waals surface area contributed by atoms with Gasteiger partial charge in [-0.1, -0.05) is 19.1 Å². The van der Waals surface area contributed by atoms with E-state index < -0.39 is 10.0 Å². The highest BCUT2D eigenvalue weighted by molar-refractivity contribution is 7.89. The monoisotopic (exact) mass is 302 g/mol. The standard InChI is InChI=1S/C14H23FN2O2S/c1-2-16-9-3-4-11-20(18,19)17-10-8-13-6-5-7-14(15)12-13/h5-7,12,16-17H,2-4,8-11H2,1H3. The molecule has 0 fully saturated rings. The van der Waals surface area contributed by atoms with Crippen molar-refractivity contribution in [3.8, 4) is 0 Å². The zero-order chi connectivity index (χ0) is 14.8. The molecule has 0 heterocycles. The van der Waals surface area contributed by atoms with E-state index in [0.717, 1.165) is 25.1 Å². The molecule has 0 aliphatic carbocycles. The van der Waals surface area contributed by atoms with Crippen molar-refractivity contribution < 1.29 is 12.8 Å². The summed E-state index contributed by atoms with van der Waals surface area (Å²) < 4.78 is 38.9. The average molecular weight is 302 g/mol. The van der Waals surface area contributed by atoms with Crippen LogP contribution in [0.25, 0.3) is 0 Å². The summed E-state index contributed by atoms with van der Waals surface area (Å²) in [4.78, 5) is 0. The van der Waals surface area contributed by atoms with Crippen LogP contribution < -0.4 is 10.0 Å². The molecule has 20 heavy (non-hydrogen) atoms. The van der Waals surface area contributed by atoms with Gasteiger partial charge in [0.25, 0.3) is 0 Å². The van der Waals surface area contributed by atoms with Crippen molar-refractivity contribution >= 4 is 10.0 Å². The number of unbranched alkanes of at least 4 members (excludes halogenated alkanes) is 1. The van der Waals surface area contributed by atoms with E-state index >= 15 is 0 Å². The fraction of sp³-hybridized carbons (Fsp3) is 0.571. The summed E-state index contributed by atoms with van der Waals surface area (Å²) in [6.45, 7) is 4.07. The van der Waals surface area contributed by atoms with Gasteiger partial charge >= 0.3 is 0 Å². The van der Waals surface area contributed by atoms with Gasteiger partial charge in [0.05, 0.1) is 5.75 Å². The van der Waals surface area contributed by atoms with Crippen molar-refractivity contribution in [2.75, 3.05) is 25.4 Å². The lowest BCUT2D eigenvalue weighted by Crippen LogP contribution is -2.28. The van der Waals surface area contributed by atoms with Gasteiger partial charge in [0.2, 0.25) is 10.0 Å². The molecule has 0 bridgehead atoms. The minimum atomic E-state index is -3.22. The molecule has 2 N–H and O–H groups in total. The van der Waals surface area contributed by atoms with Crippen LogP contribution in [0.3, 0.4) is 0 Å². The molecular formula is C14H23FN2O2S. The molecule has 0 aromatic heterocycles. The molecule has 6 heteroatoms. The summed E-state index contributed by atoms with van der Waals surface area (Å²) in [7, 11) is -3.22. The van der Waals surface area contributed by atoms with Crippen molar-refractivity contribution in [1.82, 2.24) is 10.0 Å². The molecular weight excluding hydrogens is 279 g/mol. The lowest BCUT2D eigenvalue weighted by atomic mass is 10.1. The third-order valence-corrected chi connectivity index (χ3v) is 4.36. The van der Waals surface area contributed by atoms with E-state index in [0.29, 0.717) is 19.4 Å². The lowest BCUT2D eigenvalue weighted by molar-refractivity contribution is 0.574. The van der Waals surface area contributed by atoms with Gasteiger partial charge in [-0.3, -0.25) is 0 Å². The zero-order valence-electron chi connectivity index (χ0n) is 11.9. The maximum absolute atomic E-state index is 13.0. The van der Waals surface area contributed by atoms with Crippen molar-refractivity contribution in [3.63, 3.8) is 0 Å². The SMILES string of the molecule is CCNCCCCS(=O)(=O)NCCc1cccc(F)c1. The predicted molar refractivity (Wildman–Crippen MR) is 79.7 cm³/mol. The molecule has 0 unspecified atom stereocenters. The maximum atomic E-state index is 13.0. The summed E-state index contributed by atoms with van der Waals surface area (Å²) in [5.74, 6) is -0.157. The number of sulfonamides is 1. The lowest BCUT2D eigenvalue weighted by Gasteiger charge is -2.07. The van der Waals surface area contributed by atoms with Crippen LogP contribution in [0.1, 0.15) is 25.3 Å². The molecule has 0 atom stereocenters. The van der Waals surface area contributed by atoms with Crippen LogP contribution in [0, 0.1) is 5.82 Å². The van der Waals surface area contributed by atoms with Gasteiger partial charge in [0.15, 0.2) is 0 Å². The summed E-state index contributed by atoms with van der Waals surface area (Å²) in [6.07, 6.45) is 1.98. The number of nitrogens with one attached hydrogen (secondary N) is 2. The molecule has 0 aliphatic rings. The average Bonchev–Trinajstić information content (AvgIpc) is 2.38. The summed E-state index contributed by atoms with van der Waals surface area (Å²) in [5, 5.41) is 3.15. The minimum absolute atomic E-state index is 0.140. The first-order valence-corrected chi connectivity index (χ1v) is 8.61. The number of rotatable bonds is 10. The molecule has 0 saturated carbocycles. The van der Waals surface area contributed by atoms with E-state index in [4.69, 9.17) is 0 Å². The second-order valence-electron chi connectivity index (χ2n) is 4.65. The van der Waals surface area contributed by atoms with Crippen molar-refractivity contribution in [2.24, 2.45) is 0 Å². The van der Waals surface area contributed by atoms with Crippen LogP contribution in [0.15, 0.2) is 24.3 Å². The van der Waals surface area contributed by atoms with Gasteiger partial charge in [-0.15, -0.1) is 0 Å². The first kappa shape index (κ1) is 17.1. The normalized spacial score (nSPS) is 11.7. The third kappa shape index (κ3) is 7.57. The van der Waals surface area contributed by atoms with E-state index in [1.807, 2.05) is 6.92 Å². The van der Waals surface area contributed by atoms with Gasteiger partial charge in [-0.25, -0.2) is 17.5 Å². The number of halogens is 1. The Morgan fingerprint density at radius 2 is 2.00 bits per heavy atom. The van der Waals surface area contributed by atoms with E-state index in [1.165, 1.54) is 12.1 Å². The molecule has 0 aliphatic heterocycles. The fourth-order valence-electron chi connectivity index (χ4n) is 1.83. The predicted octanol–water partition coefficient (Wildman–Crippen LogP) is 1.68. The van der Waals surface area contributed by atoms with Crippen molar-refractivity contribution in [1.29, 1.82) is 0 Å². The highest BCUT2D eigenvalue weighted by Gasteiger charge is 2.08. The van der Waals surface area contributed by atoms with Crippen LogP contribution in [-0.4, -0.2) is 33.8 Å². The molecule has 1 aromatic carbocycles. The van der Waals surface area contributed by atoms with E-state index in [9.17, 15) is 12.8 Å². The zero-order valence-corrected chi connectivity index (χ0v) is 12.7. The molecule has 4 nitrogen and oxygen atoms in total. The van der Waals surface area contributed by atoms with Crippen molar-refractivity contribution in [2.45, 2.75) is 26.2 Å². The topological polar surface area (TPSA) is 58.2 Å². The van der Waals surface area contributed by atoms with Gasteiger partial charge in [-0.2, -0.15) is 0 Å². The Balaban J connectivity index is 2.22. The Morgan fingerprint density at radius 1 is 1.20 bits per heavy atom. The highest BCUT2D eigenvalue weighted by Crippen LogP contribution is 2.04. The van der Waals surface area contributed by atoms with Crippen molar-refractivity contribution in [3.05, 3.63) is 35.6 Å². The summed E-state index contributed by atoms with van der Waals surface area (Å²) >= 11 is 0. The van der Waals surface area contributed by atoms with E-state index in [2.05, 4.69) is 10.0 Å². The smallest absolute Gasteiger partial charge is 0.211 e. The molecule has 0 saturated heterocycles. The van der Waals surface area contributed by atoms with Crippen LogP contribution >= 0.6 is 0 Å². The second-order valence-corrected chi connectivity index (χ2v) is 6.58. The molecule has 1 rings (SSSR count). The van der Waals surface area contributed by atoms with Gasteiger partial charge in [-0.05, 0) is 50.0 Å². The van der Waals surface area contributed by atoms with Crippen LogP contribution in [0.2, 0.25) is 0 Å². The molecule has 0 spiro atoms. The third-order valence-electron chi connectivity index (χ3n) is 2.89. The maximum Gasteiger partial charge on any atom is 0.211 e. The van der Waals surface area contributed by atoms with Crippen LogP contribution in [0.4, 0.5) is 4.39 Å². The molecule has 0 radical (unpaired) electrons. The fourth-order valence-corrected chi connectivity index (χ4v) is 2.98. The minimum Gasteiger partial charge on any atom is -0.317 e. The Hall–Kier alpha value is -0.980. The summed E-state index contributed by atoms with van der Waals surface area (Å²) in [6, 6.07) is 6.20. The Labute approximate surface area is 120 Å². The number of benzene rings is 1.